The number of aromatic nitrogens is 3. The van der Waals surface area contributed by atoms with E-state index in [2.05, 4.69) is 19.9 Å². The third kappa shape index (κ3) is 4.80. The van der Waals surface area contributed by atoms with Crippen LogP contribution in [0, 0.1) is 5.92 Å². The van der Waals surface area contributed by atoms with E-state index in [1.165, 1.54) is 0 Å². The van der Waals surface area contributed by atoms with Crippen LogP contribution in [-0.2, 0) is 20.4 Å². The lowest BCUT2D eigenvalue weighted by Gasteiger charge is -2.18. The number of H-pyrrole nitrogens is 2. The van der Waals surface area contributed by atoms with Crippen LogP contribution in [0.1, 0.15) is 12.5 Å². The molecule has 1 fully saturated rings. The molecule has 3 heterocycles. The maximum atomic E-state index is 11.9. The Morgan fingerprint density at radius 2 is 2.25 bits per heavy atom. The summed E-state index contributed by atoms with van der Waals surface area (Å²) in [5.74, 6) is -0.0613. The molecule has 0 bridgehead atoms. The Hall–Kier alpha value is -1.75. The summed E-state index contributed by atoms with van der Waals surface area (Å²) in [7, 11) is -3.63. The minimum atomic E-state index is -3.63. The van der Waals surface area contributed by atoms with E-state index < -0.39 is 7.60 Å². The molecule has 2 aromatic rings. The zero-order chi connectivity index (χ0) is 20.3. The molecule has 3 atom stereocenters. The van der Waals surface area contributed by atoms with Crippen LogP contribution in [0.25, 0.3) is 11.0 Å². The van der Waals surface area contributed by atoms with E-state index in [0.717, 1.165) is 5.56 Å². The average Bonchev–Trinajstić information content (AvgIpc) is 3.19. The van der Waals surface area contributed by atoms with Crippen molar-refractivity contribution in [3.8, 4) is 0 Å². The molecule has 1 aliphatic heterocycles. The van der Waals surface area contributed by atoms with Gasteiger partial charge in [-0.1, -0.05) is 0 Å². The first-order valence-electron chi connectivity index (χ1n) is 9.10. The monoisotopic (exact) mass is 415 g/mol. The number of rotatable bonds is 9. The number of hydrogen-bond acceptors (Lipinski definition) is 8. The standard InChI is InChI=1S/C16H26N5O6P/c1-2-27-28(24,25)4-3-26-12-8-21(7-11(12)9-22)6-10-5-18-14-13(10)19-16(17)20-15(14)23/h5,11-12,18,22H,2-4,6-9H2,1H3,(H,24,25)(H3,17,19,20,23). The number of hydrogen-bond donors (Lipinski definition) is 5. The third-order valence-corrected chi connectivity index (χ3v) is 6.16. The van der Waals surface area contributed by atoms with Crippen molar-refractivity contribution in [2.45, 2.75) is 19.6 Å². The van der Waals surface area contributed by atoms with Crippen LogP contribution in [-0.4, -0.2) is 75.0 Å². The molecule has 11 nitrogen and oxygen atoms in total. The zero-order valence-corrected chi connectivity index (χ0v) is 16.5. The van der Waals surface area contributed by atoms with Gasteiger partial charge in [0, 0.05) is 43.9 Å². The van der Waals surface area contributed by atoms with Crippen molar-refractivity contribution < 1.29 is 23.8 Å². The maximum Gasteiger partial charge on any atom is 0.330 e. The predicted molar refractivity (Wildman–Crippen MR) is 103 cm³/mol. The highest BCUT2D eigenvalue weighted by Gasteiger charge is 2.34. The van der Waals surface area contributed by atoms with E-state index in [1.807, 2.05) is 0 Å². The van der Waals surface area contributed by atoms with Crippen LogP contribution in [0.3, 0.4) is 0 Å². The quantitative estimate of drug-likeness (QED) is 0.350. The van der Waals surface area contributed by atoms with E-state index in [1.54, 1.807) is 13.1 Å². The number of aromatic amines is 2. The van der Waals surface area contributed by atoms with Crippen molar-refractivity contribution >= 4 is 24.6 Å². The van der Waals surface area contributed by atoms with Gasteiger partial charge in [0.1, 0.15) is 11.0 Å². The summed E-state index contributed by atoms with van der Waals surface area (Å²) in [6.45, 7) is 3.47. The fourth-order valence-corrected chi connectivity index (χ4v) is 4.32. The second-order valence-electron chi connectivity index (χ2n) is 6.81. The fourth-order valence-electron chi connectivity index (χ4n) is 3.45. The van der Waals surface area contributed by atoms with Crippen molar-refractivity contribution in [2.24, 2.45) is 5.92 Å². The Morgan fingerprint density at radius 3 is 2.96 bits per heavy atom. The molecule has 156 valence electrons. The molecule has 0 aromatic carbocycles. The minimum absolute atomic E-state index is 0.0527. The summed E-state index contributed by atoms with van der Waals surface area (Å²) in [4.78, 5) is 33.2. The maximum absolute atomic E-state index is 11.9. The molecule has 28 heavy (non-hydrogen) atoms. The largest absolute Gasteiger partial charge is 0.396 e. The summed E-state index contributed by atoms with van der Waals surface area (Å²) in [6, 6.07) is 0. The number of fused-ring (bicyclic) bond motifs is 1. The molecule has 12 heteroatoms. The topological polar surface area (TPSA) is 167 Å². The van der Waals surface area contributed by atoms with E-state index >= 15 is 0 Å². The van der Waals surface area contributed by atoms with Gasteiger partial charge in [0.05, 0.1) is 25.5 Å². The molecular formula is C16H26N5O6P. The van der Waals surface area contributed by atoms with Gasteiger partial charge >= 0.3 is 7.60 Å². The van der Waals surface area contributed by atoms with Crippen LogP contribution >= 0.6 is 7.60 Å². The molecule has 0 aliphatic carbocycles. The molecule has 1 saturated heterocycles. The lowest BCUT2D eigenvalue weighted by atomic mass is 10.1. The molecule has 1 aliphatic rings. The lowest BCUT2D eigenvalue weighted by Crippen LogP contribution is -2.26. The van der Waals surface area contributed by atoms with Crippen molar-refractivity contribution in [2.75, 3.05) is 44.8 Å². The molecule has 2 aromatic heterocycles. The Labute approximate surface area is 161 Å². The molecule has 3 unspecified atom stereocenters. The predicted octanol–water partition coefficient (Wildman–Crippen LogP) is -0.135. The van der Waals surface area contributed by atoms with E-state index in [9.17, 15) is 19.4 Å². The first kappa shape index (κ1) is 21.0. The van der Waals surface area contributed by atoms with E-state index in [-0.39, 0.29) is 49.5 Å². The summed E-state index contributed by atoms with van der Waals surface area (Å²) >= 11 is 0. The Morgan fingerprint density at radius 1 is 1.46 bits per heavy atom. The molecule has 0 spiro atoms. The van der Waals surface area contributed by atoms with Gasteiger partial charge < -0.3 is 30.0 Å². The van der Waals surface area contributed by atoms with Crippen LogP contribution in [0.15, 0.2) is 11.0 Å². The SMILES string of the molecule is CCOP(=O)(O)CCOC1CN(Cc2c[nH]c3c(=O)[nH]c(N)nc23)CC1CO. The van der Waals surface area contributed by atoms with Gasteiger partial charge in [-0.2, -0.15) is 0 Å². The smallest absolute Gasteiger partial charge is 0.330 e. The number of nitrogens with one attached hydrogen (secondary N) is 2. The number of anilines is 1. The second-order valence-corrected chi connectivity index (χ2v) is 8.79. The van der Waals surface area contributed by atoms with Crippen LogP contribution in [0.5, 0.6) is 0 Å². The number of nitrogens with zero attached hydrogens (tertiary/aromatic N) is 2. The van der Waals surface area contributed by atoms with Gasteiger partial charge in [-0.25, -0.2) is 4.98 Å². The molecule has 0 saturated carbocycles. The minimum Gasteiger partial charge on any atom is -0.396 e. The van der Waals surface area contributed by atoms with Crippen molar-refractivity contribution in [3.63, 3.8) is 0 Å². The third-order valence-electron chi connectivity index (χ3n) is 4.75. The van der Waals surface area contributed by atoms with Gasteiger partial charge in [-0.05, 0) is 6.92 Å². The number of ether oxygens (including phenoxy) is 1. The van der Waals surface area contributed by atoms with Gasteiger partial charge in [0.2, 0.25) is 5.95 Å². The summed E-state index contributed by atoms with van der Waals surface area (Å²) in [6.07, 6.45) is 1.36. The first-order valence-corrected chi connectivity index (χ1v) is 10.9. The molecule has 6 N–H and O–H groups in total. The summed E-state index contributed by atoms with van der Waals surface area (Å²) in [5.41, 5.74) is 7.01. The molecule has 0 amide bonds. The normalized spacial score (nSPS) is 22.7. The van der Waals surface area contributed by atoms with Crippen LogP contribution in [0.4, 0.5) is 5.95 Å². The Kier molecular flexibility index (Phi) is 6.54. The van der Waals surface area contributed by atoms with Gasteiger partial charge in [-0.15, -0.1) is 0 Å². The Bertz CT molecular complexity index is 915. The number of aliphatic hydroxyl groups is 1. The summed E-state index contributed by atoms with van der Waals surface area (Å²) < 4.78 is 22.3. The van der Waals surface area contributed by atoms with E-state index in [4.69, 9.17) is 15.0 Å². The van der Waals surface area contributed by atoms with Crippen molar-refractivity contribution in [1.29, 1.82) is 0 Å². The molecule has 3 rings (SSSR count). The average molecular weight is 415 g/mol. The summed E-state index contributed by atoms with van der Waals surface area (Å²) in [5, 5.41) is 9.65. The van der Waals surface area contributed by atoms with Gasteiger partial charge in [0.25, 0.3) is 5.56 Å². The van der Waals surface area contributed by atoms with E-state index in [0.29, 0.717) is 30.7 Å². The Balaban J connectivity index is 1.62. The second kappa shape index (κ2) is 8.73. The van der Waals surface area contributed by atoms with Crippen molar-refractivity contribution in [1.82, 2.24) is 19.9 Å². The van der Waals surface area contributed by atoms with Gasteiger partial charge in [-0.3, -0.25) is 19.2 Å². The number of nitrogens with two attached hydrogens (primary N) is 1. The highest BCUT2D eigenvalue weighted by Crippen LogP contribution is 2.41. The molecular weight excluding hydrogens is 389 g/mol. The van der Waals surface area contributed by atoms with Crippen LogP contribution < -0.4 is 11.3 Å². The number of nitrogen functional groups attached to an aromatic ring is 1. The fraction of sp³-hybridized carbons (Fsp3) is 0.625. The van der Waals surface area contributed by atoms with Crippen LogP contribution in [0.2, 0.25) is 0 Å². The number of aliphatic hydroxyl groups excluding tert-OH is 1. The number of likely N-dealkylation sites (tertiary alicyclic amines) is 1. The van der Waals surface area contributed by atoms with Crippen molar-refractivity contribution in [3.05, 3.63) is 22.1 Å². The molecule has 0 radical (unpaired) electrons. The highest BCUT2D eigenvalue weighted by molar-refractivity contribution is 7.52. The highest BCUT2D eigenvalue weighted by atomic mass is 31.2. The lowest BCUT2D eigenvalue weighted by molar-refractivity contribution is 0.0253. The first-order chi connectivity index (χ1) is 13.3. The van der Waals surface area contributed by atoms with Gasteiger partial charge in [0.15, 0.2) is 0 Å². The zero-order valence-electron chi connectivity index (χ0n) is 15.6.